The monoisotopic (exact) mass is 323 g/mol. The predicted molar refractivity (Wildman–Crippen MR) is 83.2 cm³/mol. The van der Waals surface area contributed by atoms with Gasteiger partial charge >= 0.3 is 0 Å². The SMILES string of the molecule is CC(C)(C)c1ccc(C(N)c2cccc(Br)c2)s1. The molecule has 1 aromatic heterocycles. The Kier molecular flexibility index (Phi) is 3.95. The molecule has 1 aromatic carbocycles. The van der Waals surface area contributed by atoms with E-state index in [1.165, 1.54) is 9.75 Å². The van der Waals surface area contributed by atoms with Crippen LogP contribution in [0.4, 0.5) is 0 Å². The van der Waals surface area contributed by atoms with E-state index < -0.39 is 0 Å². The average Bonchev–Trinajstić information content (AvgIpc) is 2.77. The Labute approximate surface area is 121 Å². The first-order chi connectivity index (χ1) is 8.38. The molecule has 1 unspecified atom stereocenters. The van der Waals surface area contributed by atoms with E-state index in [1.54, 1.807) is 0 Å². The second-order valence-electron chi connectivity index (χ2n) is 5.48. The highest BCUT2D eigenvalue weighted by molar-refractivity contribution is 9.10. The lowest BCUT2D eigenvalue weighted by atomic mass is 9.95. The summed E-state index contributed by atoms with van der Waals surface area (Å²) in [6.07, 6.45) is 0. The zero-order chi connectivity index (χ0) is 13.3. The summed E-state index contributed by atoms with van der Waals surface area (Å²) in [5.41, 5.74) is 7.67. The Morgan fingerprint density at radius 3 is 2.44 bits per heavy atom. The van der Waals surface area contributed by atoms with Gasteiger partial charge in [0, 0.05) is 14.2 Å². The van der Waals surface area contributed by atoms with Crippen LogP contribution >= 0.6 is 27.3 Å². The number of thiophene rings is 1. The third-order valence-electron chi connectivity index (χ3n) is 2.88. The molecule has 0 bridgehead atoms. The first-order valence-electron chi connectivity index (χ1n) is 5.99. The van der Waals surface area contributed by atoms with Gasteiger partial charge in [-0.05, 0) is 35.2 Å². The van der Waals surface area contributed by atoms with Crippen molar-refractivity contribution in [3.05, 3.63) is 56.2 Å². The molecule has 0 spiro atoms. The van der Waals surface area contributed by atoms with Crippen LogP contribution in [0.5, 0.6) is 0 Å². The predicted octanol–water partition coefficient (Wildman–Crippen LogP) is 4.86. The molecule has 1 nitrogen and oxygen atoms in total. The fraction of sp³-hybridized carbons (Fsp3) is 0.333. The Balaban J connectivity index is 2.29. The quantitative estimate of drug-likeness (QED) is 0.839. The molecule has 1 atom stereocenters. The Bertz CT molecular complexity index is 539. The van der Waals surface area contributed by atoms with Crippen LogP contribution in [0.25, 0.3) is 0 Å². The minimum absolute atomic E-state index is 0.0383. The summed E-state index contributed by atoms with van der Waals surface area (Å²) >= 11 is 5.30. The van der Waals surface area contributed by atoms with Gasteiger partial charge in [-0.1, -0.05) is 48.8 Å². The molecule has 1 heterocycles. The average molecular weight is 324 g/mol. The largest absolute Gasteiger partial charge is 0.320 e. The third-order valence-corrected chi connectivity index (χ3v) is 4.97. The number of benzene rings is 1. The van der Waals surface area contributed by atoms with Gasteiger partial charge in [0.15, 0.2) is 0 Å². The van der Waals surface area contributed by atoms with E-state index in [0.29, 0.717) is 0 Å². The van der Waals surface area contributed by atoms with Crippen molar-refractivity contribution in [1.29, 1.82) is 0 Å². The van der Waals surface area contributed by atoms with Crippen LogP contribution in [0.15, 0.2) is 40.9 Å². The zero-order valence-electron chi connectivity index (χ0n) is 10.9. The van der Waals surface area contributed by atoms with Crippen molar-refractivity contribution < 1.29 is 0 Å². The Hall–Kier alpha value is -0.640. The van der Waals surface area contributed by atoms with Gasteiger partial charge in [0.25, 0.3) is 0 Å². The van der Waals surface area contributed by atoms with E-state index >= 15 is 0 Å². The maximum atomic E-state index is 6.33. The topological polar surface area (TPSA) is 26.0 Å². The van der Waals surface area contributed by atoms with Gasteiger partial charge in [-0.3, -0.25) is 0 Å². The highest BCUT2D eigenvalue weighted by atomic mass is 79.9. The van der Waals surface area contributed by atoms with Crippen molar-refractivity contribution in [3.63, 3.8) is 0 Å². The molecule has 0 fully saturated rings. The Morgan fingerprint density at radius 1 is 1.17 bits per heavy atom. The highest BCUT2D eigenvalue weighted by Crippen LogP contribution is 2.34. The smallest absolute Gasteiger partial charge is 0.0646 e. The number of rotatable bonds is 2. The summed E-state index contributed by atoms with van der Waals surface area (Å²) < 4.78 is 1.07. The fourth-order valence-electron chi connectivity index (χ4n) is 1.79. The van der Waals surface area contributed by atoms with Crippen LogP contribution in [0.2, 0.25) is 0 Å². The summed E-state index contributed by atoms with van der Waals surface area (Å²) in [4.78, 5) is 2.60. The van der Waals surface area contributed by atoms with Crippen LogP contribution < -0.4 is 5.73 Å². The summed E-state index contributed by atoms with van der Waals surface area (Å²) in [7, 11) is 0. The van der Waals surface area contributed by atoms with Gasteiger partial charge in [-0.2, -0.15) is 0 Å². The van der Waals surface area contributed by atoms with Crippen molar-refractivity contribution in [1.82, 2.24) is 0 Å². The first kappa shape index (κ1) is 13.8. The molecule has 2 rings (SSSR count). The molecule has 0 saturated carbocycles. The molecule has 3 heteroatoms. The summed E-state index contributed by atoms with van der Waals surface area (Å²) in [6, 6.07) is 12.5. The van der Waals surface area contributed by atoms with Crippen molar-refractivity contribution >= 4 is 27.3 Å². The van der Waals surface area contributed by atoms with Gasteiger partial charge in [0.1, 0.15) is 0 Å². The number of hydrogen-bond acceptors (Lipinski definition) is 2. The standard InChI is InChI=1S/C15H18BrNS/c1-15(2,3)13-8-7-12(18-13)14(17)10-5-4-6-11(16)9-10/h4-9,14H,17H2,1-3H3. The molecule has 96 valence electrons. The van der Waals surface area contributed by atoms with Crippen LogP contribution in [-0.2, 0) is 5.41 Å². The van der Waals surface area contributed by atoms with E-state index in [2.05, 4.69) is 61.0 Å². The van der Waals surface area contributed by atoms with Crippen LogP contribution in [0, 0.1) is 0 Å². The molecular weight excluding hydrogens is 306 g/mol. The van der Waals surface area contributed by atoms with Gasteiger partial charge in [0.05, 0.1) is 6.04 Å². The van der Waals surface area contributed by atoms with Crippen molar-refractivity contribution in [2.75, 3.05) is 0 Å². The molecule has 0 aliphatic rings. The van der Waals surface area contributed by atoms with Crippen LogP contribution in [0.3, 0.4) is 0 Å². The van der Waals surface area contributed by atoms with Crippen molar-refractivity contribution in [2.24, 2.45) is 5.73 Å². The van der Waals surface area contributed by atoms with E-state index in [1.807, 2.05) is 23.5 Å². The first-order valence-corrected chi connectivity index (χ1v) is 7.60. The number of halogens is 1. The molecular formula is C15H18BrNS. The summed E-state index contributed by atoms with van der Waals surface area (Å²) in [6.45, 7) is 6.69. The van der Waals surface area contributed by atoms with Gasteiger partial charge in [-0.15, -0.1) is 11.3 Å². The summed E-state index contributed by atoms with van der Waals surface area (Å²) in [5, 5.41) is 0. The van der Waals surface area contributed by atoms with Crippen molar-refractivity contribution in [2.45, 2.75) is 32.2 Å². The van der Waals surface area contributed by atoms with E-state index in [4.69, 9.17) is 5.73 Å². The van der Waals surface area contributed by atoms with E-state index in [0.717, 1.165) is 10.0 Å². The Morgan fingerprint density at radius 2 is 1.89 bits per heavy atom. The molecule has 2 aromatic rings. The number of hydrogen-bond donors (Lipinski definition) is 1. The molecule has 0 amide bonds. The van der Waals surface area contributed by atoms with Crippen LogP contribution in [0.1, 0.15) is 42.1 Å². The lowest BCUT2D eigenvalue weighted by Gasteiger charge is -2.16. The molecule has 0 aliphatic carbocycles. The van der Waals surface area contributed by atoms with E-state index in [-0.39, 0.29) is 11.5 Å². The molecule has 2 N–H and O–H groups in total. The minimum atomic E-state index is -0.0383. The number of nitrogens with two attached hydrogens (primary N) is 1. The van der Waals surface area contributed by atoms with E-state index in [9.17, 15) is 0 Å². The van der Waals surface area contributed by atoms with Crippen molar-refractivity contribution in [3.8, 4) is 0 Å². The maximum Gasteiger partial charge on any atom is 0.0646 e. The third kappa shape index (κ3) is 3.02. The van der Waals surface area contributed by atoms with Crippen LogP contribution in [-0.4, -0.2) is 0 Å². The second-order valence-corrected chi connectivity index (χ2v) is 7.52. The molecule has 0 saturated heterocycles. The molecule has 0 aliphatic heterocycles. The molecule has 18 heavy (non-hydrogen) atoms. The van der Waals surface area contributed by atoms with Gasteiger partial charge in [0.2, 0.25) is 0 Å². The maximum absolute atomic E-state index is 6.33. The lowest BCUT2D eigenvalue weighted by molar-refractivity contribution is 0.604. The minimum Gasteiger partial charge on any atom is -0.320 e. The van der Waals surface area contributed by atoms with Gasteiger partial charge in [-0.25, -0.2) is 0 Å². The lowest BCUT2D eigenvalue weighted by Crippen LogP contribution is -2.10. The zero-order valence-corrected chi connectivity index (χ0v) is 13.3. The fourth-order valence-corrected chi connectivity index (χ4v) is 3.30. The van der Waals surface area contributed by atoms with Gasteiger partial charge < -0.3 is 5.73 Å². The molecule has 0 radical (unpaired) electrons. The normalized spacial score (nSPS) is 13.6. The highest BCUT2D eigenvalue weighted by Gasteiger charge is 2.18. The summed E-state index contributed by atoms with van der Waals surface area (Å²) in [5.74, 6) is 0. The second kappa shape index (κ2) is 5.16.